The molecule has 0 radical (unpaired) electrons. The highest BCUT2D eigenvalue weighted by Gasteiger charge is 2.19. The van der Waals surface area contributed by atoms with Crippen molar-refractivity contribution in [1.29, 1.82) is 0 Å². The molecule has 116 valence electrons. The van der Waals surface area contributed by atoms with Crippen LogP contribution in [-0.4, -0.2) is 34.5 Å². The summed E-state index contributed by atoms with van der Waals surface area (Å²) in [6, 6.07) is 4.15. The predicted octanol–water partition coefficient (Wildman–Crippen LogP) is 2.87. The van der Waals surface area contributed by atoms with Crippen LogP contribution in [0.25, 0.3) is 0 Å². The number of carbonyl (C=O) groups excluding carboxylic acids is 1. The van der Waals surface area contributed by atoms with Crippen LogP contribution in [0.4, 0.5) is 0 Å². The second-order valence-electron chi connectivity index (χ2n) is 5.88. The molecular weight excluding hydrogens is 266 g/mol. The minimum atomic E-state index is -0.879. The maximum atomic E-state index is 12.5. The third kappa shape index (κ3) is 4.88. The van der Waals surface area contributed by atoms with E-state index in [1.807, 2.05) is 34.6 Å². The van der Waals surface area contributed by atoms with Crippen molar-refractivity contribution in [2.75, 3.05) is 6.54 Å². The summed E-state index contributed by atoms with van der Waals surface area (Å²) in [5, 5.41) is 8.80. The molecule has 0 fully saturated rings. The molecule has 0 aromatic heterocycles. The first-order chi connectivity index (χ1) is 9.72. The molecule has 1 rings (SSSR count). The Kier molecular flexibility index (Phi) is 5.94. The molecule has 1 amide bonds. The van der Waals surface area contributed by atoms with Crippen LogP contribution in [-0.2, 0) is 16.0 Å². The number of hydrogen-bond donors (Lipinski definition) is 1. The maximum absolute atomic E-state index is 12.5. The van der Waals surface area contributed by atoms with E-state index in [1.165, 1.54) is 5.56 Å². The van der Waals surface area contributed by atoms with Crippen molar-refractivity contribution < 1.29 is 14.7 Å². The van der Waals surface area contributed by atoms with Crippen LogP contribution in [0.3, 0.4) is 0 Å². The average molecular weight is 291 g/mol. The fourth-order valence-electron chi connectivity index (χ4n) is 2.63. The van der Waals surface area contributed by atoms with E-state index in [1.54, 1.807) is 4.90 Å². The van der Waals surface area contributed by atoms with Crippen LogP contribution in [0.15, 0.2) is 12.1 Å². The number of carbonyl (C=O) groups is 2. The second kappa shape index (κ2) is 7.25. The van der Waals surface area contributed by atoms with Gasteiger partial charge in [-0.2, -0.15) is 0 Å². The SMILES string of the molecule is Cc1cc(C)c(CC(=O)N(CCC(=O)O)C(C)C)c(C)c1. The summed E-state index contributed by atoms with van der Waals surface area (Å²) in [5.74, 6) is -0.891. The Hall–Kier alpha value is -1.84. The number of amides is 1. The van der Waals surface area contributed by atoms with Crippen molar-refractivity contribution in [2.45, 2.75) is 53.5 Å². The monoisotopic (exact) mass is 291 g/mol. The van der Waals surface area contributed by atoms with Gasteiger partial charge in [0.25, 0.3) is 0 Å². The largest absolute Gasteiger partial charge is 0.481 e. The summed E-state index contributed by atoms with van der Waals surface area (Å²) in [7, 11) is 0. The molecule has 0 heterocycles. The first-order valence-corrected chi connectivity index (χ1v) is 7.30. The lowest BCUT2D eigenvalue weighted by atomic mass is 9.96. The minimum Gasteiger partial charge on any atom is -0.481 e. The van der Waals surface area contributed by atoms with E-state index < -0.39 is 5.97 Å². The van der Waals surface area contributed by atoms with Crippen LogP contribution in [0.2, 0.25) is 0 Å². The standard InChI is InChI=1S/C17H25NO3/c1-11(2)18(7-6-17(20)21)16(19)10-15-13(4)8-12(3)9-14(15)5/h8-9,11H,6-7,10H2,1-5H3,(H,20,21). The van der Waals surface area contributed by atoms with Crippen LogP contribution < -0.4 is 0 Å². The van der Waals surface area contributed by atoms with Crippen LogP contribution >= 0.6 is 0 Å². The number of nitrogens with zero attached hydrogens (tertiary/aromatic N) is 1. The van der Waals surface area contributed by atoms with Crippen molar-refractivity contribution in [2.24, 2.45) is 0 Å². The van der Waals surface area contributed by atoms with Crippen LogP contribution in [0.1, 0.15) is 42.5 Å². The summed E-state index contributed by atoms with van der Waals surface area (Å²) in [6.45, 7) is 10.1. The van der Waals surface area contributed by atoms with Gasteiger partial charge in [-0.25, -0.2) is 0 Å². The van der Waals surface area contributed by atoms with Gasteiger partial charge in [-0.1, -0.05) is 17.7 Å². The van der Waals surface area contributed by atoms with Crippen LogP contribution in [0, 0.1) is 20.8 Å². The fraction of sp³-hybridized carbons (Fsp3) is 0.529. The van der Waals surface area contributed by atoms with Crippen molar-refractivity contribution in [3.05, 3.63) is 34.4 Å². The predicted molar refractivity (Wildman–Crippen MR) is 83.5 cm³/mol. The maximum Gasteiger partial charge on any atom is 0.305 e. The van der Waals surface area contributed by atoms with Crippen molar-refractivity contribution in [3.63, 3.8) is 0 Å². The van der Waals surface area contributed by atoms with Gasteiger partial charge in [0.15, 0.2) is 0 Å². The third-order valence-corrected chi connectivity index (χ3v) is 3.68. The van der Waals surface area contributed by atoms with E-state index in [2.05, 4.69) is 12.1 Å². The summed E-state index contributed by atoms with van der Waals surface area (Å²) in [4.78, 5) is 24.8. The van der Waals surface area contributed by atoms with Gasteiger partial charge in [0.1, 0.15) is 0 Å². The number of benzene rings is 1. The summed E-state index contributed by atoms with van der Waals surface area (Å²) < 4.78 is 0. The molecule has 21 heavy (non-hydrogen) atoms. The van der Waals surface area contributed by atoms with E-state index >= 15 is 0 Å². The lowest BCUT2D eigenvalue weighted by molar-refractivity contribution is -0.139. The lowest BCUT2D eigenvalue weighted by Gasteiger charge is -2.27. The molecule has 0 spiro atoms. The zero-order chi connectivity index (χ0) is 16.2. The number of rotatable bonds is 6. The quantitative estimate of drug-likeness (QED) is 0.876. The molecule has 0 bridgehead atoms. The van der Waals surface area contributed by atoms with Gasteiger partial charge in [-0.3, -0.25) is 9.59 Å². The number of aliphatic carboxylic acids is 1. The highest BCUT2D eigenvalue weighted by Crippen LogP contribution is 2.18. The highest BCUT2D eigenvalue weighted by atomic mass is 16.4. The van der Waals surface area contributed by atoms with E-state index in [0.29, 0.717) is 6.42 Å². The Labute approximate surface area is 126 Å². The summed E-state index contributed by atoms with van der Waals surface area (Å²) in [5.41, 5.74) is 4.46. The van der Waals surface area contributed by atoms with Gasteiger partial charge < -0.3 is 10.0 Å². The van der Waals surface area contributed by atoms with Gasteiger partial charge in [-0.15, -0.1) is 0 Å². The average Bonchev–Trinajstić information content (AvgIpc) is 2.33. The molecule has 1 aromatic carbocycles. The summed E-state index contributed by atoms with van der Waals surface area (Å²) in [6.07, 6.45) is 0.311. The second-order valence-corrected chi connectivity index (χ2v) is 5.88. The molecule has 1 N–H and O–H groups in total. The fourth-order valence-corrected chi connectivity index (χ4v) is 2.63. The molecule has 0 saturated carbocycles. The molecule has 4 nitrogen and oxygen atoms in total. The zero-order valence-electron chi connectivity index (χ0n) is 13.6. The summed E-state index contributed by atoms with van der Waals surface area (Å²) >= 11 is 0. The molecule has 0 unspecified atom stereocenters. The van der Waals surface area contributed by atoms with Crippen molar-refractivity contribution in [1.82, 2.24) is 4.90 Å². The molecule has 4 heteroatoms. The topological polar surface area (TPSA) is 57.6 Å². The molecule has 1 aromatic rings. The molecular formula is C17H25NO3. The number of carboxylic acid groups (broad SMARTS) is 1. The molecule has 0 aliphatic carbocycles. The molecule has 0 atom stereocenters. The van der Waals surface area contributed by atoms with E-state index in [-0.39, 0.29) is 24.9 Å². The van der Waals surface area contributed by atoms with Crippen molar-refractivity contribution >= 4 is 11.9 Å². The zero-order valence-corrected chi connectivity index (χ0v) is 13.6. The molecule has 0 saturated heterocycles. The normalized spacial score (nSPS) is 10.8. The molecule has 0 aliphatic rings. The van der Waals surface area contributed by atoms with E-state index in [9.17, 15) is 9.59 Å². The molecule has 0 aliphatic heterocycles. The Balaban J connectivity index is 2.89. The van der Waals surface area contributed by atoms with Gasteiger partial charge in [0, 0.05) is 12.6 Å². The minimum absolute atomic E-state index is 0.00270. The van der Waals surface area contributed by atoms with E-state index in [0.717, 1.165) is 16.7 Å². The van der Waals surface area contributed by atoms with Crippen LogP contribution in [0.5, 0.6) is 0 Å². The first kappa shape index (κ1) is 17.2. The van der Waals surface area contributed by atoms with Gasteiger partial charge in [0.2, 0.25) is 5.91 Å². The third-order valence-electron chi connectivity index (χ3n) is 3.68. The Morgan fingerprint density at radius 3 is 2.10 bits per heavy atom. The van der Waals surface area contributed by atoms with Gasteiger partial charge >= 0.3 is 5.97 Å². The number of carboxylic acids is 1. The Morgan fingerprint density at radius 2 is 1.67 bits per heavy atom. The lowest BCUT2D eigenvalue weighted by Crippen LogP contribution is -2.39. The van der Waals surface area contributed by atoms with Crippen molar-refractivity contribution in [3.8, 4) is 0 Å². The smallest absolute Gasteiger partial charge is 0.305 e. The highest BCUT2D eigenvalue weighted by molar-refractivity contribution is 5.80. The number of hydrogen-bond acceptors (Lipinski definition) is 2. The van der Waals surface area contributed by atoms with Gasteiger partial charge in [0.05, 0.1) is 12.8 Å². The Morgan fingerprint density at radius 1 is 1.14 bits per heavy atom. The number of aryl methyl sites for hydroxylation is 3. The Bertz CT molecular complexity index is 512. The first-order valence-electron chi connectivity index (χ1n) is 7.30. The van der Waals surface area contributed by atoms with E-state index in [4.69, 9.17) is 5.11 Å². The van der Waals surface area contributed by atoms with Gasteiger partial charge in [-0.05, 0) is 51.3 Å².